The molecular formula is C35H50N2O5S2. The van der Waals surface area contributed by atoms with Crippen LogP contribution >= 0.6 is 24.0 Å². The lowest BCUT2D eigenvalue weighted by molar-refractivity contribution is -0.179. The maximum absolute atomic E-state index is 12.9. The lowest BCUT2D eigenvalue weighted by atomic mass is 9.33. The zero-order valence-corrected chi connectivity index (χ0v) is 29.2. The van der Waals surface area contributed by atoms with Crippen molar-refractivity contribution in [3.63, 3.8) is 0 Å². The van der Waals surface area contributed by atoms with E-state index in [1.807, 2.05) is 0 Å². The highest BCUT2D eigenvalue weighted by atomic mass is 32.2. The highest BCUT2D eigenvalue weighted by molar-refractivity contribution is 8.23. The average molecular weight is 643 g/mol. The van der Waals surface area contributed by atoms with E-state index in [9.17, 15) is 19.5 Å². The summed E-state index contributed by atoms with van der Waals surface area (Å²) >= 11 is 6.48. The van der Waals surface area contributed by atoms with E-state index in [2.05, 4.69) is 59.7 Å². The normalized spacial score (nSPS) is 43.3. The summed E-state index contributed by atoms with van der Waals surface area (Å²) in [4.78, 5) is 44.4. The van der Waals surface area contributed by atoms with Crippen molar-refractivity contribution in [3.8, 4) is 0 Å². The molecule has 1 amide bonds. The van der Waals surface area contributed by atoms with E-state index in [1.165, 1.54) is 22.2 Å². The van der Waals surface area contributed by atoms with Crippen LogP contribution in [0.3, 0.4) is 0 Å². The molecule has 4 saturated carbocycles. The van der Waals surface area contributed by atoms with Crippen LogP contribution in [0.4, 0.5) is 0 Å². The third-order valence-corrected chi connectivity index (χ3v) is 15.7. The van der Waals surface area contributed by atoms with Gasteiger partial charge in [-0.2, -0.15) is 0 Å². The molecule has 0 bridgehead atoms. The summed E-state index contributed by atoms with van der Waals surface area (Å²) in [6, 6.07) is 0. The van der Waals surface area contributed by atoms with Crippen molar-refractivity contribution in [2.75, 3.05) is 12.3 Å². The molecule has 0 aromatic carbocycles. The fourth-order valence-corrected chi connectivity index (χ4v) is 12.5. The second-order valence-electron chi connectivity index (χ2n) is 16.9. The Kier molecular flexibility index (Phi) is 7.60. The number of thiocarbonyl (C=S) groups is 1. The number of aliphatic carboxylic acids is 1. The molecule has 0 radical (unpaired) electrons. The molecule has 0 aromatic rings. The van der Waals surface area contributed by atoms with Gasteiger partial charge in [0, 0.05) is 5.41 Å². The van der Waals surface area contributed by atoms with Gasteiger partial charge in [-0.25, -0.2) is 4.79 Å². The van der Waals surface area contributed by atoms with Gasteiger partial charge >= 0.3 is 11.9 Å². The van der Waals surface area contributed by atoms with E-state index in [0.717, 1.165) is 69.9 Å². The van der Waals surface area contributed by atoms with Gasteiger partial charge in [-0.1, -0.05) is 89.3 Å². The molecule has 5 fully saturated rings. The van der Waals surface area contributed by atoms with Gasteiger partial charge in [-0.3, -0.25) is 14.5 Å². The van der Waals surface area contributed by atoms with Gasteiger partial charge in [0.15, 0.2) is 0 Å². The van der Waals surface area contributed by atoms with Crippen molar-refractivity contribution in [1.82, 2.24) is 4.90 Å². The number of oxime groups is 1. The minimum absolute atomic E-state index is 0.0131. The van der Waals surface area contributed by atoms with Crippen molar-refractivity contribution in [2.24, 2.45) is 55.4 Å². The number of carbonyl (C=O) groups excluding carboxylic acids is 2. The minimum atomic E-state index is -0.618. The monoisotopic (exact) mass is 642 g/mol. The quantitative estimate of drug-likeness (QED) is 0.146. The summed E-state index contributed by atoms with van der Waals surface area (Å²) < 4.78 is 0.413. The third-order valence-electron chi connectivity index (χ3n) is 14.2. The van der Waals surface area contributed by atoms with Gasteiger partial charge in [-0.15, -0.1) is 0 Å². The molecule has 6 rings (SSSR count). The van der Waals surface area contributed by atoms with Crippen LogP contribution in [0.2, 0.25) is 0 Å². The van der Waals surface area contributed by atoms with E-state index >= 15 is 0 Å². The molecule has 7 atom stereocenters. The smallest absolute Gasteiger partial charge is 0.354 e. The summed E-state index contributed by atoms with van der Waals surface area (Å²) in [6.45, 7) is 16.5. The average Bonchev–Trinajstić information content (AvgIpc) is 3.24. The number of amides is 1. The summed E-state index contributed by atoms with van der Waals surface area (Å²) in [5, 5.41) is 15.1. The molecule has 242 valence electrons. The molecular weight excluding hydrogens is 593 g/mol. The van der Waals surface area contributed by atoms with Crippen molar-refractivity contribution in [1.29, 1.82) is 0 Å². The van der Waals surface area contributed by atoms with Gasteiger partial charge in [0.1, 0.15) is 10.9 Å². The van der Waals surface area contributed by atoms with Gasteiger partial charge < -0.3 is 9.94 Å². The maximum Gasteiger partial charge on any atom is 0.354 e. The lowest BCUT2D eigenvalue weighted by Crippen LogP contribution is -2.64. The molecule has 1 aliphatic heterocycles. The number of carboxylic acids is 1. The van der Waals surface area contributed by atoms with E-state index in [-0.39, 0.29) is 51.2 Å². The summed E-state index contributed by atoms with van der Waals surface area (Å²) in [5.74, 6) is -0.0555. The van der Waals surface area contributed by atoms with Crippen LogP contribution in [-0.2, 0) is 19.2 Å². The van der Waals surface area contributed by atoms with Crippen LogP contribution < -0.4 is 0 Å². The number of rotatable bonds is 4. The Hall–Kier alpha value is -1.74. The number of nitrogens with zero attached hydrogens (tertiary/aromatic N) is 2. The Labute approximate surface area is 272 Å². The number of fused-ring (bicyclic) bond motifs is 7. The predicted octanol–water partition coefficient (Wildman–Crippen LogP) is 7.63. The fraction of sp³-hybridized carbons (Fsp3) is 0.800. The second kappa shape index (κ2) is 10.4. The molecule has 44 heavy (non-hydrogen) atoms. The summed E-state index contributed by atoms with van der Waals surface area (Å²) in [6.07, 6.45) is 11.9. The largest absolute Gasteiger partial charge is 0.481 e. The number of hydrogen-bond acceptors (Lipinski definition) is 7. The van der Waals surface area contributed by atoms with Crippen molar-refractivity contribution >= 4 is 51.9 Å². The number of allylic oxidation sites excluding steroid dienone is 2. The third kappa shape index (κ3) is 4.51. The molecule has 0 spiro atoms. The van der Waals surface area contributed by atoms with Gasteiger partial charge in [0.2, 0.25) is 5.91 Å². The highest BCUT2D eigenvalue weighted by Gasteiger charge is 2.69. The first-order valence-electron chi connectivity index (χ1n) is 16.6. The van der Waals surface area contributed by atoms with Crippen LogP contribution in [0, 0.1) is 50.2 Å². The van der Waals surface area contributed by atoms with Crippen LogP contribution in [-0.4, -0.2) is 50.2 Å². The Bertz CT molecular complexity index is 1350. The molecule has 7 nitrogen and oxygen atoms in total. The number of carboxylic acid groups (broad SMARTS) is 1. The molecule has 6 aliphatic rings. The highest BCUT2D eigenvalue weighted by Crippen LogP contribution is 2.75. The standard InChI is InChI=1S/C35H50N2O5S2/c1-30(2)14-16-35(28(40)41)17-15-33(6)21(22(35)18-30)8-9-24-32(5)12-11-25(31(3,4)23(32)10-13-34(24,33)7)36-42-27(39)19-37-26(38)20-44-29(37)43/h8,22-24H,9-20H2,1-7H3,(H,40,41)/b36-25-/t22-,23-,24-,32-,33+,34+,35-/m0/s1. The van der Waals surface area contributed by atoms with Crippen LogP contribution in [0.1, 0.15) is 113 Å². The Morgan fingerprint density at radius 1 is 1.05 bits per heavy atom. The lowest BCUT2D eigenvalue weighted by Gasteiger charge is -2.70. The fourth-order valence-electron chi connectivity index (χ4n) is 11.4. The van der Waals surface area contributed by atoms with Crippen LogP contribution in [0.5, 0.6) is 0 Å². The second-order valence-corrected chi connectivity index (χ2v) is 18.5. The molecule has 1 N–H and O–H groups in total. The molecule has 5 aliphatic carbocycles. The van der Waals surface area contributed by atoms with E-state index in [1.54, 1.807) is 0 Å². The van der Waals surface area contributed by atoms with Crippen molar-refractivity contribution in [3.05, 3.63) is 11.6 Å². The van der Waals surface area contributed by atoms with Crippen LogP contribution in [0.15, 0.2) is 16.8 Å². The first-order valence-corrected chi connectivity index (χ1v) is 18.0. The molecule has 0 aromatic heterocycles. The first-order chi connectivity index (χ1) is 20.4. The Morgan fingerprint density at radius 3 is 2.41 bits per heavy atom. The molecule has 0 unspecified atom stereocenters. The SMILES string of the molecule is CC1(C)CC[C@]2(C(=O)O)CC[C@]3(C)C(=CC[C@H]4[C@@]5(C)CC/C(=N/OC(=O)CN6C(=O)CSC6=S)C(C)(C)[C@@H]5CC[C@]43C)[C@@H]2C1. The number of thioether (sulfide) groups is 1. The summed E-state index contributed by atoms with van der Waals surface area (Å²) in [7, 11) is 0. The molecule has 9 heteroatoms. The minimum Gasteiger partial charge on any atom is -0.481 e. The molecule has 1 saturated heterocycles. The van der Waals surface area contributed by atoms with Crippen LogP contribution in [0.25, 0.3) is 0 Å². The van der Waals surface area contributed by atoms with E-state index in [4.69, 9.17) is 17.1 Å². The maximum atomic E-state index is 12.9. The van der Waals surface area contributed by atoms with E-state index < -0.39 is 17.4 Å². The Morgan fingerprint density at radius 2 is 1.75 bits per heavy atom. The van der Waals surface area contributed by atoms with E-state index in [0.29, 0.717) is 16.2 Å². The van der Waals surface area contributed by atoms with Crippen molar-refractivity contribution in [2.45, 2.75) is 113 Å². The topological polar surface area (TPSA) is 96.3 Å². The van der Waals surface area contributed by atoms with Gasteiger partial charge in [0.25, 0.3) is 0 Å². The zero-order chi connectivity index (χ0) is 32.1. The Balaban J connectivity index is 1.27. The zero-order valence-electron chi connectivity index (χ0n) is 27.6. The van der Waals surface area contributed by atoms with Gasteiger partial charge in [0.05, 0.1) is 16.9 Å². The summed E-state index contributed by atoms with van der Waals surface area (Å²) in [5.41, 5.74) is 1.84. The molecule has 1 heterocycles. The number of carbonyl (C=O) groups is 3. The number of hydrogen-bond donors (Lipinski definition) is 1. The van der Waals surface area contributed by atoms with Gasteiger partial charge in [-0.05, 0) is 104 Å². The first kappa shape index (κ1) is 32.2. The van der Waals surface area contributed by atoms with Crippen molar-refractivity contribution < 1.29 is 24.3 Å². The predicted molar refractivity (Wildman–Crippen MR) is 177 cm³/mol.